The van der Waals surface area contributed by atoms with Crippen molar-refractivity contribution in [2.45, 2.75) is 25.1 Å². The lowest BCUT2D eigenvalue weighted by Crippen LogP contribution is -2.55. The summed E-state index contributed by atoms with van der Waals surface area (Å²) in [5, 5.41) is 4.94. The largest absolute Gasteiger partial charge is 0.405 e. The summed E-state index contributed by atoms with van der Waals surface area (Å²) in [6.07, 6.45) is -1.48. The second-order valence-corrected chi connectivity index (χ2v) is 6.61. The highest BCUT2D eigenvalue weighted by atomic mass is 19.4. The molecule has 2 heterocycles. The highest BCUT2D eigenvalue weighted by Gasteiger charge is 2.44. The lowest BCUT2D eigenvalue weighted by Gasteiger charge is -2.35. The molecular weight excluding hydrogens is 365 g/mol. The van der Waals surface area contributed by atoms with E-state index in [1.54, 1.807) is 0 Å². The van der Waals surface area contributed by atoms with Crippen LogP contribution in [0.25, 0.3) is 0 Å². The molecule has 3 rings (SSSR count). The molecule has 1 saturated carbocycles. The molecule has 2 N–H and O–H groups in total. The van der Waals surface area contributed by atoms with Crippen LogP contribution in [0.4, 0.5) is 19.0 Å². The van der Waals surface area contributed by atoms with Crippen molar-refractivity contribution in [1.82, 2.24) is 15.2 Å². The van der Waals surface area contributed by atoms with Crippen LogP contribution in [0.1, 0.15) is 23.2 Å². The normalized spacial score (nSPS) is 19.4. The number of halogens is 3. The molecule has 1 aliphatic heterocycles. The minimum atomic E-state index is -4.47. The summed E-state index contributed by atoms with van der Waals surface area (Å²) in [7, 11) is 0. The Morgan fingerprint density at radius 1 is 1.30 bits per heavy atom. The van der Waals surface area contributed by atoms with Crippen LogP contribution in [0.5, 0.6) is 0 Å². The fourth-order valence-electron chi connectivity index (χ4n) is 2.85. The molecule has 7 nitrogen and oxygen atoms in total. The Kier molecular flexibility index (Phi) is 5.95. The van der Waals surface area contributed by atoms with Gasteiger partial charge in [0.2, 0.25) is 5.91 Å². The highest BCUT2D eigenvalue weighted by Crippen LogP contribution is 2.30. The number of rotatable bonds is 6. The van der Waals surface area contributed by atoms with Crippen molar-refractivity contribution in [3.63, 3.8) is 0 Å². The molecule has 0 bridgehead atoms. The highest BCUT2D eigenvalue weighted by molar-refractivity contribution is 5.97. The first kappa shape index (κ1) is 19.6. The number of ether oxygens (including phenoxy) is 1. The van der Waals surface area contributed by atoms with Crippen molar-refractivity contribution < 1.29 is 27.5 Å². The molecule has 10 heteroatoms. The number of morpholine rings is 1. The number of anilines is 1. The molecular formula is C17H21F3N4O3. The molecule has 1 atom stereocenters. The van der Waals surface area contributed by atoms with Gasteiger partial charge in [0.15, 0.2) is 0 Å². The lowest BCUT2D eigenvalue weighted by atomic mass is 10.2. The molecule has 1 aromatic rings. The number of carbonyl (C=O) groups is 2. The van der Waals surface area contributed by atoms with Crippen molar-refractivity contribution in [3.8, 4) is 0 Å². The molecule has 2 amide bonds. The van der Waals surface area contributed by atoms with Gasteiger partial charge in [-0.15, -0.1) is 0 Å². The maximum absolute atomic E-state index is 13.4. The van der Waals surface area contributed by atoms with E-state index in [2.05, 4.69) is 15.6 Å². The Hall–Kier alpha value is -2.20. The second-order valence-electron chi connectivity index (χ2n) is 6.61. The van der Waals surface area contributed by atoms with Crippen LogP contribution in [0.2, 0.25) is 0 Å². The predicted octanol–water partition coefficient (Wildman–Crippen LogP) is 1.42. The van der Waals surface area contributed by atoms with Crippen LogP contribution in [0.15, 0.2) is 18.3 Å². The van der Waals surface area contributed by atoms with E-state index in [4.69, 9.17) is 4.74 Å². The summed E-state index contributed by atoms with van der Waals surface area (Å²) in [4.78, 5) is 29.3. The first-order valence-electron chi connectivity index (χ1n) is 8.78. The summed E-state index contributed by atoms with van der Waals surface area (Å²) >= 11 is 0. The predicted molar refractivity (Wildman–Crippen MR) is 90.2 cm³/mol. The monoisotopic (exact) mass is 386 g/mol. The van der Waals surface area contributed by atoms with Gasteiger partial charge >= 0.3 is 6.18 Å². The van der Waals surface area contributed by atoms with Crippen molar-refractivity contribution in [2.24, 2.45) is 5.92 Å². The first-order valence-corrected chi connectivity index (χ1v) is 8.78. The summed E-state index contributed by atoms with van der Waals surface area (Å²) < 4.78 is 45.2. The second kappa shape index (κ2) is 8.22. The quantitative estimate of drug-likeness (QED) is 0.773. The van der Waals surface area contributed by atoms with Crippen LogP contribution in [0, 0.1) is 5.92 Å². The van der Waals surface area contributed by atoms with Crippen molar-refractivity contribution >= 4 is 17.6 Å². The van der Waals surface area contributed by atoms with E-state index in [-0.39, 0.29) is 49.5 Å². The van der Waals surface area contributed by atoms with E-state index in [0.717, 1.165) is 12.8 Å². The Bertz CT molecular complexity index is 688. The Morgan fingerprint density at radius 3 is 2.63 bits per heavy atom. The smallest absolute Gasteiger partial charge is 0.379 e. The third-order valence-electron chi connectivity index (χ3n) is 4.54. The van der Waals surface area contributed by atoms with Gasteiger partial charge in [0.1, 0.15) is 11.9 Å². The zero-order valence-electron chi connectivity index (χ0n) is 14.6. The number of amides is 2. The van der Waals surface area contributed by atoms with Gasteiger partial charge in [-0.1, -0.05) is 0 Å². The third kappa shape index (κ3) is 5.39. The van der Waals surface area contributed by atoms with Gasteiger partial charge in [-0.2, -0.15) is 13.2 Å². The molecule has 1 saturated heterocycles. The van der Waals surface area contributed by atoms with Gasteiger partial charge in [-0.3, -0.25) is 14.5 Å². The van der Waals surface area contributed by atoms with Gasteiger partial charge in [-0.25, -0.2) is 4.98 Å². The Balaban J connectivity index is 1.60. The molecule has 2 fully saturated rings. The third-order valence-corrected chi connectivity index (χ3v) is 4.54. The molecule has 148 valence electrons. The maximum atomic E-state index is 13.4. The average molecular weight is 386 g/mol. The number of nitrogens with one attached hydrogen (secondary N) is 2. The Labute approximate surface area is 154 Å². The van der Waals surface area contributed by atoms with E-state index in [9.17, 15) is 22.8 Å². The summed E-state index contributed by atoms with van der Waals surface area (Å²) in [6, 6.07) is 0.966. The molecule has 1 aromatic heterocycles. The minimum absolute atomic E-state index is 0.0228. The van der Waals surface area contributed by atoms with Gasteiger partial charge in [-0.05, 0) is 25.0 Å². The number of hydrogen-bond acceptors (Lipinski definition) is 5. The van der Waals surface area contributed by atoms with Crippen LogP contribution in [0.3, 0.4) is 0 Å². The number of carbonyl (C=O) groups excluding carboxylic acids is 2. The number of nitrogens with zero attached hydrogens (tertiary/aromatic N) is 2. The van der Waals surface area contributed by atoms with Gasteiger partial charge in [0.05, 0.1) is 13.2 Å². The standard InChI is InChI=1S/C17H21F3N4O3/c18-17(19,20)13(24-5-7-27-8-6-24)10-22-15(25)12-3-4-21-14(9-12)23-16(26)11-1-2-11/h3-4,9,11,13H,1-2,5-8,10H2,(H,22,25)(H,21,23,26). The topological polar surface area (TPSA) is 83.6 Å². The van der Waals surface area contributed by atoms with E-state index in [0.29, 0.717) is 0 Å². The van der Waals surface area contributed by atoms with Crippen molar-refractivity contribution in [2.75, 3.05) is 38.2 Å². The van der Waals surface area contributed by atoms with Crippen molar-refractivity contribution in [3.05, 3.63) is 23.9 Å². The van der Waals surface area contributed by atoms with E-state index in [1.807, 2.05) is 0 Å². The SMILES string of the molecule is O=C(NCC(N1CCOCC1)C(F)(F)F)c1ccnc(NC(=O)C2CC2)c1. The average Bonchev–Trinajstić information content (AvgIpc) is 3.47. The summed E-state index contributed by atoms with van der Waals surface area (Å²) in [5.41, 5.74) is 0.138. The van der Waals surface area contributed by atoms with Gasteiger partial charge < -0.3 is 15.4 Å². The number of aromatic nitrogens is 1. The van der Waals surface area contributed by atoms with Crippen LogP contribution in [-0.2, 0) is 9.53 Å². The summed E-state index contributed by atoms with van der Waals surface area (Å²) in [6.45, 7) is 0.220. The van der Waals surface area contributed by atoms with Crippen molar-refractivity contribution in [1.29, 1.82) is 0 Å². The molecule has 2 aliphatic rings. The molecule has 0 aromatic carbocycles. The van der Waals surface area contributed by atoms with E-state index < -0.39 is 24.7 Å². The fraction of sp³-hybridized carbons (Fsp3) is 0.588. The van der Waals surface area contributed by atoms with Gasteiger partial charge in [0, 0.05) is 37.3 Å². The van der Waals surface area contributed by atoms with E-state index >= 15 is 0 Å². The number of hydrogen-bond donors (Lipinski definition) is 2. The van der Waals surface area contributed by atoms with Crippen LogP contribution >= 0.6 is 0 Å². The zero-order valence-corrected chi connectivity index (χ0v) is 14.6. The zero-order chi connectivity index (χ0) is 19.4. The maximum Gasteiger partial charge on any atom is 0.405 e. The molecule has 0 radical (unpaired) electrons. The van der Waals surface area contributed by atoms with Crippen LogP contribution < -0.4 is 10.6 Å². The molecule has 1 aliphatic carbocycles. The minimum Gasteiger partial charge on any atom is -0.379 e. The summed E-state index contributed by atoms with van der Waals surface area (Å²) in [5.74, 6) is -0.628. The first-order chi connectivity index (χ1) is 12.8. The fourth-order valence-corrected chi connectivity index (χ4v) is 2.85. The van der Waals surface area contributed by atoms with Gasteiger partial charge in [0.25, 0.3) is 5.91 Å². The Morgan fingerprint density at radius 2 is 2.00 bits per heavy atom. The lowest BCUT2D eigenvalue weighted by molar-refractivity contribution is -0.189. The van der Waals surface area contributed by atoms with Crippen LogP contribution in [-0.4, -0.2) is 66.8 Å². The number of alkyl halides is 3. The molecule has 1 unspecified atom stereocenters. The molecule has 0 spiro atoms. The molecule has 27 heavy (non-hydrogen) atoms. The van der Waals surface area contributed by atoms with E-state index in [1.165, 1.54) is 23.2 Å². The number of pyridine rings is 1.